The molecule has 1 saturated heterocycles. The third-order valence-electron chi connectivity index (χ3n) is 9.04. The predicted octanol–water partition coefficient (Wildman–Crippen LogP) is -0.242. The van der Waals surface area contributed by atoms with Crippen LogP contribution in [0.4, 0.5) is 0 Å². The van der Waals surface area contributed by atoms with Crippen LogP contribution in [-0.2, 0) is 68.0 Å². The zero-order valence-corrected chi connectivity index (χ0v) is 36.3. The highest BCUT2D eigenvalue weighted by atomic mass is 31.1. The van der Waals surface area contributed by atoms with Gasteiger partial charge in [-0.25, -0.2) is 0 Å². The number of amides is 7. The average molecular weight is 883 g/mol. The number of hydrogen-bond acceptors (Lipinski definition) is 13. The largest absolute Gasteiger partial charge is 0.508 e. The van der Waals surface area contributed by atoms with Crippen LogP contribution in [0, 0.1) is 0 Å². The Morgan fingerprint density at radius 2 is 1.20 bits per heavy atom. The Morgan fingerprint density at radius 1 is 0.639 bits per heavy atom. The van der Waals surface area contributed by atoms with Crippen molar-refractivity contribution >= 4 is 49.4 Å². The van der Waals surface area contributed by atoms with Gasteiger partial charge in [0.25, 0.3) is 0 Å². The van der Waals surface area contributed by atoms with Gasteiger partial charge in [0.15, 0.2) is 6.16 Å². The third-order valence-corrected chi connectivity index (χ3v) is 10.0. The molecule has 1 fully saturated rings. The summed E-state index contributed by atoms with van der Waals surface area (Å²) in [4.78, 5) is 89.5. The Kier molecular flexibility index (Phi) is 28.5. The minimum atomic E-state index is -1.80. The summed E-state index contributed by atoms with van der Waals surface area (Å²) in [5.41, 5.74) is 0.769. The van der Waals surface area contributed by atoms with E-state index in [9.17, 15) is 38.1 Å². The third kappa shape index (κ3) is 25.7. The molecule has 0 bridgehead atoms. The first-order chi connectivity index (χ1) is 29.5. The van der Waals surface area contributed by atoms with Crippen LogP contribution in [0.15, 0.2) is 30.3 Å². The molecule has 0 spiro atoms. The monoisotopic (exact) mass is 882 g/mol. The highest BCUT2D eigenvalue weighted by Gasteiger charge is 2.30. The average Bonchev–Trinajstić information content (AvgIpc) is 3.25. The normalized spacial score (nSPS) is 18.0. The molecule has 7 N–H and O–H groups in total. The maximum absolute atomic E-state index is 13.7. The van der Waals surface area contributed by atoms with Gasteiger partial charge in [-0.2, -0.15) is 0 Å². The lowest BCUT2D eigenvalue weighted by molar-refractivity contribution is -0.133. The fourth-order valence-corrected chi connectivity index (χ4v) is 6.25. The highest BCUT2D eigenvalue weighted by Crippen LogP contribution is 2.20. The van der Waals surface area contributed by atoms with Gasteiger partial charge in [-0.1, -0.05) is 50.1 Å². The Bertz CT molecular complexity index is 1510. The van der Waals surface area contributed by atoms with Gasteiger partial charge in [0.1, 0.15) is 18.1 Å². The van der Waals surface area contributed by atoms with E-state index in [0.717, 1.165) is 12.0 Å². The minimum Gasteiger partial charge on any atom is -0.379 e. The van der Waals surface area contributed by atoms with Crippen LogP contribution in [0.25, 0.3) is 0 Å². The molecule has 342 valence electrons. The molecule has 0 aromatic heterocycles. The molecule has 1 aromatic carbocycles. The molecular weight excluding hydrogens is 817 g/mol. The number of unbranched alkanes of at least 4 members (excludes halogenated alkanes) is 2. The Morgan fingerprint density at radius 3 is 1.85 bits per heavy atom. The van der Waals surface area contributed by atoms with Gasteiger partial charge in [0.2, 0.25) is 41.4 Å². The lowest BCUT2D eigenvalue weighted by Crippen LogP contribution is -2.57. The van der Waals surface area contributed by atoms with Crippen LogP contribution < -0.4 is 37.2 Å². The second kappa shape index (κ2) is 33.1. The molecule has 21 heteroatoms. The summed E-state index contributed by atoms with van der Waals surface area (Å²) in [6, 6.07) is 5.98. The highest BCUT2D eigenvalue weighted by molar-refractivity contribution is 7.39. The van der Waals surface area contributed by atoms with Gasteiger partial charge in [-0.05, 0) is 35.8 Å². The number of ether oxygens (including phenoxy) is 4. The van der Waals surface area contributed by atoms with Crippen LogP contribution in [0.1, 0.15) is 63.9 Å². The number of nitrogens with one attached hydrogen (secondary N) is 7. The van der Waals surface area contributed by atoms with Crippen molar-refractivity contribution < 1.29 is 61.6 Å². The molecule has 1 heterocycles. The molecule has 4 atom stereocenters. The number of benzene rings is 1. The number of carbonyl (C=O) groups is 7. The quantitative estimate of drug-likeness (QED) is 0.0405. The van der Waals surface area contributed by atoms with Gasteiger partial charge < -0.3 is 56.2 Å². The van der Waals surface area contributed by atoms with Crippen molar-refractivity contribution in [3.63, 3.8) is 0 Å². The number of hydrogen-bond donors (Lipinski definition) is 7. The van der Waals surface area contributed by atoms with Crippen molar-refractivity contribution in [2.45, 2.75) is 82.8 Å². The van der Waals surface area contributed by atoms with Gasteiger partial charge >= 0.3 is 8.03 Å². The summed E-state index contributed by atoms with van der Waals surface area (Å²) in [5, 5.41) is 18.6. The maximum atomic E-state index is 13.7. The Balaban J connectivity index is 1.71. The first-order valence-electron chi connectivity index (χ1n) is 20.8. The molecule has 0 saturated carbocycles. The van der Waals surface area contributed by atoms with Gasteiger partial charge in [-0.15, -0.1) is 4.52 Å². The van der Waals surface area contributed by atoms with Crippen molar-refractivity contribution in [3.8, 4) is 0 Å². The second-order valence-corrected chi connectivity index (χ2v) is 15.4. The summed E-state index contributed by atoms with van der Waals surface area (Å²) in [5.74, 6) is -3.37. The van der Waals surface area contributed by atoms with Crippen LogP contribution in [0.2, 0.25) is 0 Å². The molecule has 61 heavy (non-hydrogen) atoms. The first kappa shape index (κ1) is 52.5. The van der Waals surface area contributed by atoms with Crippen LogP contribution in [0.5, 0.6) is 0 Å². The molecule has 3 unspecified atom stereocenters. The first-order valence-corrected chi connectivity index (χ1v) is 22.2. The van der Waals surface area contributed by atoms with E-state index >= 15 is 0 Å². The number of rotatable bonds is 29. The van der Waals surface area contributed by atoms with E-state index in [1.165, 1.54) is 7.11 Å². The van der Waals surface area contributed by atoms with Gasteiger partial charge in [0.05, 0.1) is 79.5 Å². The van der Waals surface area contributed by atoms with Crippen molar-refractivity contribution in [2.24, 2.45) is 0 Å². The molecule has 7 amide bonds. The molecule has 2 rings (SSSR count). The van der Waals surface area contributed by atoms with E-state index in [4.69, 9.17) is 18.9 Å². The van der Waals surface area contributed by atoms with Gasteiger partial charge in [0, 0.05) is 25.9 Å². The summed E-state index contributed by atoms with van der Waals surface area (Å²) in [7, 11) is -0.460. The molecule has 0 radical (unpaired) electrons. The van der Waals surface area contributed by atoms with Crippen LogP contribution in [-0.4, -0.2) is 152 Å². The Hall–Kier alpha value is -4.59. The van der Waals surface area contributed by atoms with Crippen LogP contribution in [0.3, 0.4) is 0 Å². The van der Waals surface area contributed by atoms with E-state index < -0.39 is 68.8 Å². The Labute approximate surface area is 358 Å². The van der Waals surface area contributed by atoms with Crippen molar-refractivity contribution in [1.29, 1.82) is 0 Å². The topological polar surface area (TPSA) is 267 Å². The summed E-state index contributed by atoms with van der Waals surface area (Å²) in [6.07, 6.45) is 3.39. The van der Waals surface area contributed by atoms with E-state index in [2.05, 4.69) is 41.7 Å². The molecular formula is C40H65N7O13P+. The maximum Gasteiger partial charge on any atom is 0.508 e. The zero-order valence-electron chi connectivity index (χ0n) is 35.4. The fourth-order valence-electron chi connectivity index (χ4n) is 5.68. The lowest BCUT2D eigenvalue weighted by atomic mass is 10.0. The predicted molar refractivity (Wildman–Crippen MR) is 223 cm³/mol. The van der Waals surface area contributed by atoms with E-state index in [-0.39, 0.29) is 50.3 Å². The smallest absolute Gasteiger partial charge is 0.379 e. The number of carbonyl (C=O) groups excluding carboxylic acids is 7. The minimum absolute atomic E-state index is 0.129. The summed E-state index contributed by atoms with van der Waals surface area (Å²) < 4.78 is 37.6. The zero-order chi connectivity index (χ0) is 44.5. The molecule has 0 aliphatic carbocycles. The van der Waals surface area contributed by atoms with E-state index in [0.29, 0.717) is 85.0 Å². The van der Waals surface area contributed by atoms with Crippen molar-refractivity contribution in [2.75, 3.05) is 92.3 Å². The van der Waals surface area contributed by atoms with E-state index in [1.807, 2.05) is 13.0 Å². The van der Waals surface area contributed by atoms with E-state index in [1.54, 1.807) is 24.3 Å². The summed E-state index contributed by atoms with van der Waals surface area (Å²) >= 11 is 0. The second-order valence-electron chi connectivity index (χ2n) is 14.0. The molecule has 1 aliphatic heterocycles. The fraction of sp³-hybridized carbons (Fsp3) is 0.675. The van der Waals surface area contributed by atoms with Crippen molar-refractivity contribution in [1.82, 2.24) is 37.2 Å². The SMILES string of the molecule is CCCCC1NC(=O)[C@H](CCCCNC(=O)CCOCCOCCOCCOCCNC(=O)CC[P+](=O)OC)NC(=O)C(Cc2ccccc2)NC(=O)CNC(=O)CNC1=O. The molecule has 1 aliphatic rings. The molecule has 1 aromatic rings. The summed E-state index contributed by atoms with van der Waals surface area (Å²) in [6.45, 7) is 4.39. The lowest BCUT2D eigenvalue weighted by Gasteiger charge is -2.25. The van der Waals surface area contributed by atoms with Crippen molar-refractivity contribution in [3.05, 3.63) is 35.9 Å². The molecule has 20 nitrogen and oxygen atoms in total. The van der Waals surface area contributed by atoms with Gasteiger partial charge in [-0.3, -0.25) is 33.6 Å². The van der Waals surface area contributed by atoms with Crippen LogP contribution >= 0.6 is 8.03 Å². The standard InChI is InChI=1S/C40H64N7O13P/c1-3-4-12-31-38(52)44-28-36(50)43-29-37(51)45-33(27-30-10-6-5-7-11-30)40(54)47-32(39(53)46-31)13-8-9-16-41-34(48)14-18-57-20-22-59-24-25-60-23-21-58-19-17-42-35(49)15-26-61(55)56-2/h5-7,10-11,31-33H,3-4,8-9,12-29H2,1-2H3,(H6-,41,42,43,44,45,46,47,48,49,50,51,52,53,54)/p+1/t31?,32-,33?/m0/s1.